The first-order chi connectivity index (χ1) is 17.2. The molecule has 1 atom stereocenters. The summed E-state index contributed by atoms with van der Waals surface area (Å²) in [5.41, 5.74) is 2.05. The predicted molar refractivity (Wildman–Crippen MR) is 148 cm³/mol. The minimum absolute atomic E-state index is 0.140. The van der Waals surface area contributed by atoms with E-state index < -0.39 is 34.7 Å². The number of amides is 4. The molecule has 1 saturated heterocycles. The van der Waals surface area contributed by atoms with Gasteiger partial charge in [0.1, 0.15) is 37.4 Å². The largest absolute Gasteiger partial charge is 0.393 e. The molecular formula is C22H23B5ClF2N3O4. The van der Waals surface area contributed by atoms with Gasteiger partial charge >= 0.3 is 5.92 Å². The van der Waals surface area contributed by atoms with Crippen LogP contribution in [-0.4, -0.2) is 78.7 Å². The van der Waals surface area contributed by atoms with Crippen LogP contribution in [0.5, 0.6) is 0 Å². The van der Waals surface area contributed by atoms with Gasteiger partial charge in [0, 0.05) is 29.1 Å². The van der Waals surface area contributed by atoms with Crippen LogP contribution in [0.15, 0.2) is 30.3 Å². The lowest BCUT2D eigenvalue weighted by Gasteiger charge is -2.39. The standard InChI is InChI=1S/C22H23B5ClF2N3O4/c23-13-6-11(7-14(24)17(13)28)21(29,30)20(37)33(27)22(25,26)10-1-2-12-9(5-10)8-32(19(12)36)15-3-4-16(34)31-18(15)35/h1-2,5-7,15H,3-4,8,23-27H2,(H,31,34,35). The van der Waals surface area contributed by atoms with E-state index in [0.717, 1.165) is 4.81 Å². The van der Waals surface area contributed by atoms with Gasteiger partial charge in [-0.05, 0) is 29.0 Å². The molecule has 2 aliphatic heterocycles. The van der Waals surface area contributed by atoms with E-state index >= 15 is 8.78 Å². The molecule has 2 aromatic carbocycles. The van der Waals surface area contributed by atoms with Crippen molar-refractivity contribution < 1.29 is 28.0 Å². The highest BCUT2D eigenvalue weighted by atomic mass is 35.5. The Bertz CT molecular complexity index is 1340. The fourth-order valence-electron chi connectivity index (χ4n) is 4.86. The van der Waals surface area contributed by atoms with Gasteiger partial charge in [0.25, 0.3) is 11.8 Å². The molecule has 2 aliphatic rings. The van der Waals surface area contributed by atoms with Crippen LogP contribution in [0.1, 0.15) is 39.9 Å². The van der Waals surface area contributed by atoms with Gasteiger partial charge in [0.05, 0.1) is 0 Å². The molecule has 1 unspecified atom stereocenters. The molecule has 0 spiro atoms. The van der Waals surface area contributed by atoms with Crippen LogP contribution in [0.4, 0.5) is 8.78 Å². The highest BCUT2D eigenvalue weighted by Gasteiger charge is 2.47. The second-order valence-electron chi connectivity index (χ2n) is 10.2. The maximum atomic E-state index is 15.4. The molecule has 0 saturated carbocycles. The zero-order valence-electron chi connectivity index (χ0n) is 21.2. The Kier molecular flexibility index (Phi) is 6.86. The predicted octanol–water partition coefficient (Wildman–Crippen LogP) is -3.84. The summed E-state index contributed by atoms with van der Waals surface area (Å²) in [6.07, 6.45) is 0.376. The molecule has 186 valence electrons. The van der Waals surface area contributed by atoms with E-state index in [0.29, 0.717) is 32.6 Å². The molecular weight excluding hydrogens is 498 g/mol. The number of carbonyl (C=O) groups excluding carboxylic acids is 4. The normalized spacial score (nSPS) is 18.0. The summed E-state index contributed by atoms with van der Waals surface area (Å²) in [5, 5.41) is 1.48. The van der Waals surface area contributed by atoms with Crippen molar-refractivity contribution in [3.05, 3.63) is 57.6 Å². The number of carbonyl (C=O) groups is 4. The number of benzene rings is 2. The van der Waals surface area contributed by atoms with Crippen molar-refractivity contribution in [2.24, 2.45) is 0 Å². The average Bonchev–Trinajstić information content (AvgIpc) is 3.16. The van der Waals surface area contributed by atoms with Crippen LogP contribution in [0, 0.1) is 0 Å². The molecule has 7 nitrogen and oxygen atoms in total. The molecule has 0 aromatic heterocycles. The molecule has 15 heteroatoms. The fourth-order valence-corrected chi connectivity index (χ4v) is 4.97. The summed E-state index contributed by atoms with van der Waals surface area (Å²) in [5.74, 6) is -6.39. The Balaban J connectivity index is 1.59. The van der Waals surface area contributed by atoms with Crippen molar-refractivity contribution in [2.75, 3.05) is 0 Å². The van der Waals surface area contributed by atoms with Crippen molar-refractivity contribution in [1.82, 2.24) is 15.0 Å². The first-order valence-corrected chi connectivity index (χ1v) is 12.3. The van der Waals surface area contributed by atoms with Gasteiger partial charge in [-0.25, -0.2) is 0 Å². The lowest BCUT2D eigenvalue weighted by Crippen LogP contribution is -2.54. The molecule has 2 aromatic rings. The summed E-state index contributed by atoms with van der Waals surface area (Å²) >= 11 is 6.12. The third-order valence-corrected chi connectivity index (χ3v) is 8.04. The first kappa shape index (κ1) is 27.0. The summed E-state index contributed by atoms with van der Waals surface area (Å²) in [6, 6.07) is 6.60. The van der Waals surface area contributed by atoms with Crippen LogP contribution < -0.4 is 16.2 Å². The SMILES string of the molecule is Bc1cc(C(F)(F)C(=O)N(B)C(B)(B)c2ccc3c(c2)CN(C2CCC(=O)NC2=O)C3=O)cc(B)c1Cl. The van der Waals surface area contributed by atoms with Gasteiger partial charge in [-0.2, -0.15) is 8.78 Å². The van der Waals surface area contributed by atoms with Crippen LogP contribution in [-0.2, 0) is 32.2 Å². The number of piperidine rings is 1. The van der Waals surface area contributed by atoms with Gasteiger partial charge < -0.3 is 9.71 Å². The number of imide groups is 1. The van der Waals surface area contributed by atoms with Crippen molar-refractivity contribution in [3.8, 4) is 0 Å². The number of nitrogens with one attached hydrogen (secondary N) is 1. The molecule has 1 fully saturated rings. The van der Waals surface area contributed by atoms with Crippen LogP contribution in [0.2, 0.25) is 5.02 Å². The van der Waals surface area contributed by atoms with E-state index in [1.54, 1.807) is 49.6 Å². The quantitative estimate of drug-likeness (QED) is 0.323. The molecule has 0 radical (unpaired) electrons. The second kappa shape index (κ2) is 9.38. The van der Waals surface area contributed by atoms with Gasteiger partial charge in [-0.1, -0.05) is 46.8 Å². The van der Waals surface area contributed by atoms with E-state index in [1.165, 1.54) is 25.0 Å². The van der Waals surface area contributed by atoms with E-state index in [4.69, 9.17) is 11.6 Å². The fraction of sp³-hybridized carbons (Fsp3) is 0.273. The van der Waals surface area contributed by atoms with Gasteiger partial charge in [-0.3, -0.25) is 24.5 Å². The number of hydrogen-bond donors (Lipinski definition) is 1. The smallest absolute Gasteiger partial charge is 0.348 e. The molecule has 0 bridgehead atoms. The maximum absolute atomic E-state index is 15.4. The third-order valence-electron chi connectivity index (χ3n) is 7.44. The van der Waals surface area contributed by atoms with Crippen LogP contribution in [0.3, 0.4) is 0 Å². The number of nitrogens with zero attached hydrogens (tertiary/aromatic N) is 2. The average molecular weight is 521 g/mol. The summed E-state index contributed by atoms with van der Waals surface area (Å²) in [7, 11) is 7.83. The zero-order chi connectivity index (χ0) is 27.4. The number of halogens is 3. The molecule has 37 heavy (non-hydrogen) atoms. The number of alkyl halides is 2. The van der Waals surface area contributed by atoms with Crippen molar-refractivity contribution in [1.29, 1.82) is 0 Å². The summed E-state index contributed by atoms with van der Waals surface area (Å²) in [4.78, 5) is 52.3. The minimum Gasteiger partial charge on any atom is -0.393 e. The lowest BCUT2D eigenvalue weighted by molar-refractivity contribution is -0.155. The number of fused-ring (bicyclic) bond motifs is 1. The van der Waals surface area contributed by atoms with Gasteiger partial charge in [0.2, 0.25) is 19.8 Å². The summed E-state index contributed by atoms with van der Waals surface area (Å²) in [6.45, 7) is 0.140. The summed E-state index contributed by atoms with van der Waals surface area (Å²) < 4.78 is 30.8. The Morgan fingerprint density at radius 3 is 2.30 bits per heavy atom. The topological polar surface area (TPSA) is 86.8 Å². The zero-order valence-corrected chi connectivity index (χ0v) is 22.0. The van der Waals surface area contributed by atoms with Gasteiger partial charge in [0.15, 0.2) is 0 Å². The molecule has 0 aliphatic carbocycles. The Morgan fingerprint density at radius 2 is 1.70 bits per heavy atom. The van der Waals surface area contributed by atoms with E-state index in [2.05, 4.69) is 5.32 Å². The van der Waals surface area contributed by atoms with E-state index in [9.17, 15) is 19.2 Å². The third kappa shape index (κ3) is 4.60. The van der Waals surface area contributed by atoms with Crippen molar-refractivity contribution in [3.63, 3.8) is 0 Å². The maximum Gasteiger partial charge on any atom is 0.348 e. The number of rotatable bonds is 5. The number of hydrogen-bond acceptors (Lipinski definition) is 4. The van der Waals surface area contributed by atoms with Gasteiger partial charge in [-0.15, -0.1) is 0 Å². The molecule has 2 heterocycles. The highest BCUT2D eigenvalue weighted by Crippen LogP contribution is 2.35. The molecule has 4 rings (SSSR count). The Morgan fingerprint density at radius 1 is 1.08 bits per heavy atom. The highest BCUT2D eigenvalue weighted by molar-refractivity contribution is 6.52. The van der Waals surface area contributed by atoms with Crippen LogP contribution in [0.25, 0.3) is 0 Å². The van der Waals surface area contributed by atoms with E-state index in [-0.39, 0.29) is 31.2 Å². The minimum atomic E-state index is -3.79. The van der Waals surface area contributed by atoms with Crippen molar-refractivity contribution >= 4 is 85.5 Å². The second-order valence-corrected chi connectivity index (χ2v) is 10.6. The van der Waals surface area contributed by atoms with Crippen LogP contribution >= 0.6 is 11.6 Å². The molecule has 4 amide bonds. The monoisotopic (exact) mass is 521 g/mol. The Hall–Kier alpha value is -3.01. The van der Waals surface area contributed by atoms with E-state index in [1.807, 2.05) is 0 Å². The van der Waals surface area contributed by atoms with Crippen molar-refractivity contribution in [2.45, 2.75) is 36.7 Å². The first-order valence-electron chi connectivity index (χ1n) is 11.9. The lowest BCUT2D eigenvalue weighted by atomic mass is 9.55. The Labute approximate surface area is 222 Å². The molecule has 1 N–H and O–H groups in total.